The van der Waals surface area contributed by atoms with Gasteiger partial charge in [0, 0.05) is 5.56 Å². The number of carbonyl (C=O) groups excluding carboxylic acids is 1. The van der Waals surface area contributed by atoms with Gasteiger partial charge in [0.2, 0.25) is 0 Å². The van der Waals surface area contributed by atoms with Crippen molar-refractivity contribution < 1.29 is 13.9 Å². The van der Waals surface area contributed by atoms with Gasteiger partial charge in [0.25, 0.3) is 5.91 Å². The number of amides is 1. The van der Waals surface area contributed by atoms with Gasteiger partial charge in [0.05, 0.1) is 20.9 Å². The van der Waals surface area contributed by atoms with Crippen LogP contribution in [0.15, 0.2) is 36.4 Å². The molecule has 0 atom stereocenters. The Hall–Kier alpha value is -2.91. The number of terminal acetylenes is 1. The quantitative estimate of drug-likeness (QED) is 0.730. The summed E-state index contributed by atoms with van der Waals surface area (Å²) >= 11 is 1.50. The summed E-state index contributed by atoms with van der Waals surface area (Å²) in [6.45, 7) is 1.86. The van der Waals surface area contributed by atoms with Crippen LogP contribution in [0.4, 0.5) is 10.1 Å². The van der Waals surface area contributed by atoms with Crippen molar-refractivity contribution in [1.29, 1.82) is 0 Å². The fourth-order valence-electron chi connectivity index (χ4n) is 2.21. The number of thiazole rings is 1. The Morgan fingerprint density at radius 2 is 2.25 bits per heavy atom. The van der Waals surface area contributed by atoms with E-state index in [4.69, 9.17) is 11.2 Å². The lowest BCUT2D eigenvalue weighted by molar-refractivity contribution is 0.102. The average Bonchev–Trinajstić information content (AvgIpc) is 2.94. The number of fused-ring (bicyclic) bond motifs is 1. The highest BCUT2D eigenvalue weighted by Crippen LogP contribution is 2.26. The zero-order chi connectivity index (χ0) is 17.1. The number of benzene rings is 2. The van der Waals surface area contributed by atoms with Gasteiger partial charge < -0.3 is 10.1 Å². The lowest BCUT2D eigenvalue weighted by Gasteiger charge is -2.10. The normalized spacial score (nSPS) is 10.4. The van der Waals surface area contributed by atoms with Crippen molar-refractivity contribution in [2.75, 3.05) is 11.9 Å². The Kier molecular flexibility index (Phi) is 4.45. The van der Waals surface area contributed by atoms with E-state index in [9.17, 15) is 9.18 Å². The van der Waals surface area contributed by atoms with Gasteiger partial charge in [-0.15, -0.1) is 17.8 Å². The van der Waals surface area contributed by atoms with Crippen LogP contribution in [0.1, 0.15) is 15.4 Å². The molecule has 0 spiro atoms. The molecule has 0 bridgehead atoms. The number of halogens is 1. The van der Waals surface area contributed by atoms with Crippen molar-refractivity contribution in [2.45, 2.75) is 6.92 Å². The van der Waals surface area contributed by atoms with Crippen LogP contribution in [-0.4, -0.2) is 17.5 Å². The molecule has 0 fully saturated rings. The number of anilines is 1. The van der Waals surface area contributed by atoms with Gasteiger partial charge in [0.15, 0.2) is 11.6 Å². The summed E-state index contributed by atoms with van der Waals surface area (Å²) in [7, 11) is 0. The van der Waals surface area contributed by atoms with E-state index in [-0.39, 0.29) is 18.0 Å². The molecular weight excluding hydrogens is 327 g/mol. The second kappa shape index (κ2) is 6.69. The highest BCUT2D eigenvalue weighted by molar-refractivity contribution is 7.18. The van der Waals surface area contributed by atoms with Crippen molar-refractivity contribution in [3.63, 3.8) is 0 Å². The molecule has 4 nitrogen and oxygen atoms in total. The predicted octanol–water partition coefficient (Wildman–Crippen LogP) is 4.01. The third kappa shape index (κ3) is 3.21. The highest BCUT2D eigenvalue weighted by Gasteiger charge is 2.14. The number of nitrogens with one attached hydrogen (secondary N) is 1. The Morgan fingerprint density at radius 3 is 3.04 bits per heavy atom. The molecule has 0 saturated carbocycles. The maximum atomic E-state index is 14.3. The minimum absolute atomic E-state index is 0.000663. The topological polar surface area (TPSA) is 51.2 Å². The van der Waals surface area contributed by atoms with E-state index in [1.807, 2.05) is 6.92 Å². The summed E-state index contributed by atoms with van der Waals surface area (Å²) < 4.78 is 20.3. The molecule has 6 heteroatoms. The summed E-state index contributed by atoms with van der Waals surface area (Å²) in [6, 6.07) is 9.68. The monoisotopic (exact) mass is 340 g/mol. The molecule has 0 aliphatic carbocycles. The summed E-state index contributed by atoms with van der Waals surface area (Å²) in [5.74, 6) is 1.20. The van der Waals surface area contributed by atoms with Gasteiger partial charge in [-0.2, -0.15) is 0 Å². The molecule has 2 aromatic carbocycles. The fraction of sp³-hybridized carbons (Fsp3) is 0.111. The number of rotatable bonds is 4. The molecule has 0 aliphatic rings. The van der Waals surface area contributed by atoms with Gasteiger partial charge in [0.1, 0.15) is 6.61 Å². The minimum atomic E-state index is -0.657. The summed E-state index contributed by atoms with van der Waals surface area (Å²) in [4.78, 5) is 16.7. The van der Waals surface area contributed by atoms with Crippen LogP contribution in [0.5, 0.6) is 5.75 Å². The number of nitrogens with zero attached hydrogens (tertiary/aromatic N) is 1. The molecule has 1 aromatic heterocycles. The number of carbonyl (C=O) groups is 1. The summed E-state index contributed by atoms with van der Waals surface area (Å²) in [5, 5.41) is 3.48. The SMILES string of the molecule is C#CCOc1cccc(NC(=O)c2ccc3nc(C)sc3c2)c1F. The molecule has 120 valence electrons. The molecular formula is C18H13FN2O2S. The van der Waals surface area contributed by atoms with Crippen LogP contribution >= 0.6 is 11.3 Å². The molecule has 1 amide bonds. The largest absolute Gasteiger partial charge is 0.478 e. The number of hydrogen-bond donors (Lipinski definition) is 1. The molecule has 3 rings (SSSR count). The Balaban J connectivity index is 1.84. The van der Waals surface area contributed by atoms with Crippen LogP contribution in [0.3, 0.4) is 0 Å². The molecule has 0 unspecified atom stereocenters. The van der Waals surface area contributed by atoms with Crippen LogP contribution in [0, 0.1) is 25.1 Å². The first-order chi connectivity index (χ1) is 11.6. The molecule has 1 N–H and O–H groups in total. The molecule has 0 saturated heterocycles. The van der Waals surface area contributed by atoms with Crippen molar-refractivity contribution in [3.05, 3.63) is 52.8 Å². The number of aryl methyl sites for hydroxylation is 1. The number of aromatic nitrogens is 1. The molecule has 24 heavy (non-hydrogen) atoms. The zero-order valence-electron chi connectivity index (χ0n) is 12.8. The first-order valence-corrected chi connectivity index (χ1v) is 7.93. The smallest absolute Gasteiger partial charge is 0.255 e. The molecule has 3 aromatic rings. The van der Waals surface area contributed by atoms with Crippen LogP contribution in [0.2, 0.25) is 0 Å². The lowest BCUT2D eigenvalue weighted by atomic mass is 10.2. The second-order valence-corrected chi connectivity index (χ2v) is 6.21. The molecule has 0 aliphatic heterocycles. The van der Waals surface area contributed by atoms with Crippen molar-refractivity contribution in [2.24, 2.45) is 0 Å². The first-order valence-electron chi connectivity index (χ1n) is 7.12. The zero-order valence-corrected chi connectivity index (χ0v) is 13.6. The number of ether oxygens (including phenoxy) is 1. The lowest BCUT2D eigenvalue weighted by Crippen LogP contribution is -2.13. The highest BCUT2D eigenvalue weighted by atomic mass is 32.1. The van der Waals surface area contributed by atoms with E-state index in [0.29, 0.717) is 5.56 Å². The first kappa shape index (κ1) is 16.0. The summed E-state index contributed by atoms with van der Waals surface area (Å²) in [6.07, 6.45) is 5.10. The van der Waals surface area contributed by atoms with Gasteiger partial charge in [-0.25, -0.2) is 9.37 Å². The van der Waals surface area contributed by atoms with E-state index in [1.54, 1.807) is 24.3 Å². The van der Waals surface area contributed by atoms with Crippen molar-refractivity contribution in [3.8, 4) is 18.1 Å². The van der Waals surface area contributed by atoms with E-state index < -0.39 is 11.7 Å². The van der Waals surface area contributed by atoms with Crippen LogP contribution < -0.4 is 10.1 Å². The minimum Gasteiger partial charge on any atom is -0.478 e. The molecule has 1 heterocycles. The van der Waals surface area contributed by atoms with E-state index >= 15 is 0 Å². The van der Waals surface area contributed by atoms with E-state index in [2.05, 4.69) is 16.2 Å². The van der Waals surface area contributed by atoms with Crippen molar-refractivity contribution >= 4 is 33.1 Å². The Labute approximate surface area is 142 Å². The maximum absolute atomic E-state index is 14.3. The average molecular weight is 340 g/mol. The van der Waals surface area contributed by atoms with Crippen LogP contribution in [0.25, 0.3) is 10.2 Å². The summed E-state index contributed by atoms with van der Waals surface area (Å²) in [5.41, 5.74) is 1.31. The van der Waals surface area contributed by atoms with Gasteiger partial charge in [-0.05, 0) is 37.3 Å². The van der Waals surface area contributed by atoms with E-state index in [0.717, 1.165) is 15.2 Å². The van der Waals surface area contributed by atoms with Gasteiger partial charge in [-0.3, -0.25) is 4.79 Å². The van der Waals surface area contributed by atoms with E-state index in [1.165, 1.54) is 23.5 Å². The third-order valence-corrected chi connectivity index (χ3v) is 4.21. The van der Waals surface area contributed by atoms with Gasteiger partial charge in [-0.1, -0.05) is 12.0 Å². The Bertz CT molecular complexity index is 959. The Morgan fingerprint density at radius 1 is 1.42 bits per heavy atom. The fourth-order valence-corrected chi connectivity index (χ4v) is 3.08. The third-order valence-electron chi connectivity index (χ3n) is 3.28. The van der Waals surface area contributed by atoms with Crippen molar-refractivity contribution in [1.82, 2.24) is 4.98 Å². The predicted molar refractivity (Wildman–Crippen MR) is 93.0 cm³/mol. The second-order valence-electron chi connectivity index (χ2n) is 4.98. The number of hydrogen-bond acceptors (Lipinski definition) is 4. The maximum Gasteiger partial charge on any atom is 0.255 e. The van der Waals surface area contributed by atoms with Crippen LogP contribution in [-0.2, 0) is 0 Å². The standard InChI is InChI=1S/C18H13FN2O2S/c1-3-9-23-15-6-4-5-14(17(15)19)21-18(22)12-7-8-13-16(10-12)24-11(2)20-13/h1,4-8,10H,9H2,2H3,(H,21,22). The molecule has 0 radical (unpaired) electrons. The van der Waals surface area contributed by atoms with Gasteiger partial charge >= 0.3 is 0 Å².